The molecule has 10 nitrogen and oxygen atoms in total. The Balaban J connectivity index is 1.84. The molecule has 3 rings (SSSR count). The van der Waals surface area contributed by atoms with Gasteiger partial charge in [-0.2, -0.15) is 0 Å². The van der Waals surface area contributed by atoms with Crippen molar-refractivity contribution in [3.8, 4) is 0 Å². The van der Waals surface area contributed by atoms with Gasteiger partial charge < -0.3 is 10.6 Å². The highest BCUT2D eigenvalue weighted by atomic mass is 16.6. The lowest BCUT2D eigenvalue weighted by molar-refractivity contribution is -0.385. The van der Waals surface area contributed by atoms with Crippen LogP contribution in [0.3, 0.4) is 0 Å². The average Bonchev–Trinajstić information content (AvgIpc) is 2.77. The Hall–Kier alpha value is -4.60. The fourth-order valence-corrected chi connectivity index (χ4v) is 2.98. The van der Waals surface area contributed by atoms with Crippen molar-refractivity contribution < 1.29 is 19.4 Å². The van der Waals surface area contributed by atoms with Crippen molar-refractivity contribution in [2.75, 3.05) is 10.6 Å². The normalized spacial score (nSPS) is 10.3. The maximum atomic E-state index is 12.6. The third-order valence-corrected chi connectivity index (χ3v) is 4.81. The zero-order valence-corrected chi connectivity index (χ0v) is 17.1. The van der Waals surface area contributed by atoms with Gasteiger partial charge in [0.15, 0.2) is 0 Å². The Bertz CT molecular complexity index is 1250. The Labute approximate surface area is 182 Å². The molecule has 3 aromatic carbocycles. The summed E-state index contributed by atoms with van der Waals surface area (Å²) in [5.74, 6) is -1.09. The summed E-state index contributed by atoms with van der Waals surface area (Å²) in [5, 5.41) is 27.3. The number of anilines is 2. The molecule has 10 heteroatoms. The van der Waals surface area contributed by atoms with Gasteiger partial charge in [0, 0.05) is 46.8 Å². The molecular formula is C22H18N4O6. The molecule has 0 bridgehead atoms. The third kappa shape index (κ3) is 4.93. The predicted octanol–water partition coefficient (Wildman–Crippen LogP) is 4.62. The number of amides is 2. The van der Waals surface area contributed by atoms with Crippen LogP contribution in [0.15, 0.2) is 60.7 Å². The molecule has 0 aliphatic heterocycles. The minimum absolute atomic E-state index is 0.111. The lowest BCUT2D eigenvalue weighted by atomic mass is 10.1. The first-order chi connectivity index (χ1) is 15.2. The van der Waals surface area contributed by atoms with E-state index < -0.39 is 21.7 Å². The zero-order valence-electron chi connectivity index (χ0n) is 17.1. The molecule has 0 saturated heterocycles. The van der Waals surface area contributed by atoms with E-state index in [0.717, 1.165) is 11.1 Å². The van der Waals surface area contributed by atoms with Crippen molar-refractivity contribution in [2.24, 2.45) is 0 Å². The number of non-ortho nitro benzene ring substituents is 2. The molecule has 3 aromatic rings. The fourth-order valence-electron chi connectivity index (χ4n) is 2.98. The second kappa shape index (κ2) is 9.04. The Morgan fingerprint density at radius 2 is 1.25 bits per heavy atom. The van der Waals surface area contributed by atoms with Crippen LogP contribution in [0, 0.1) is 34.1 Å². The van der Waals surface area contributed by atoms with Gasteiger partial charge in [-0.25, -0.2) is 0 Å². The molecule has 0 aliphatic rings. The zero-order chi connectivity index (χ0) is 23.4. The molecule has 0 atom stereocenters. The van der Waals surface area contributed by atoms with Gasteiger partial charge in [0.25, 0.3) is 23.2 Å². The van der Waals surface area contributed by atoms with Crippen molar-refractivity contribution in [3.63, 3.8) is 0 Å². The number of hydrogen-bond donors (Lipinski definition) is 2. The molecule has 0 saturated carbocycles. The molecule has 162 valence electrons. The van der Waals surface area contributed by atoms with E-state index in [1.807, 2.05) is 0 Å². The third-order valence-electron chi connectivity index (χ3n) is 4.81. The number of carbonyl (C=O) groups is 2. The number of carbonyl (C=O) groups excluding carboxylic acids is 2. The van der Waals surface area contributed by atoms with Gasteiger partial charge in [-0.1, -0.05) is 12.1 Å². The maximum Gasteiger partial charge on any atom is 0.270 e. The number of rotatable bonds is 6. The maximum absolute atomic E-state index is 12.6. The van der Waals surface area contributed by atoms with Crippen LogP contribution in [0.2, 0.25) is 0 Å². The quantitative estimate of drug-likeness (QED) is 0.428. The van der Waals surface area contributed by atoms with Crippen LogP contribution >= 0.6 is 0 Å². The van der Waals surface area contributed by atoms with Crippen LogP contribution in [-0.2, 0) is 0 Å². The summed E-state index contributed by atoms with van der Waals surface area (Å²) in [4.78, 5) is 45.9. The molecule has 0 heterocycles. The van der Waals surface area contributed by atoms with E-state index in [4.69, 9.17) is 0 Å². The van der Waals surface area contributed by atoms with Crippen molar-refractivity contribution in [2.45, 2.75) is 13.8 Å². The number of benzene rings is 3. The predicted molar refractivity (Wildman–Crippen MR) is 118 cm³/mol. The summed E-state index contributed by atoms with van der Waals surface area (Å²) in [6.07, 6.45) is 0. The molecule has 2 N–H and O–H groups in total. The summed E-state index contributed by atoms with van der Waals surface area (Å²) in [5.41, 5.74) is 2.12. The second-order valence-electron chi connectivity index (χ2n) is 6.99. The number of nitro benzene ring substituents is 2. The molecule has 0 radical (unpaired) electrons. The van der Waals surface area contributed by atoms with Crippen LogP contribution in [0.25, 0.3) is 0 Å². The number of nitrogens with zero attached hydrogens (tertiary/aromatic N) is 2. The minimum Gasteiger partial charge on any atom is -0.322 e. The second-order valence-corrected chi connectivity index (χ2v) is 6.99. The van der Waals surface area contributed by atoms with E-state index in [1.165, 1.54) is 48.5 Å². The highest BCUT2D eigenvalue weighted by Gasteiger charge is 2.16. The van der Waals surface area contributed by atoms with Crippen LogP contribution in [-0.4, -0.2) is 21.7 Å². The summed E-state index contributed by atoms with van der Waals surface area (Å²) in [6.45, 7) is 3.58. The Morgan fingerprint density at radius 3 is 1.75 bits per heavy atom. The highest BCUT2D eigenvalue weighted by Crippen LogP contribution is 2.26. The fraction of sp³-hybridized carbons (Fsp3) is 0.0909. The number of aryl methyl sites for hydroxylation is 1. The monoisotopic (exact) mass is 434 g/mol. The molecule has 2 amide bonds. The van der Waals surface area contributed by atoms with Gasteiger partial charge in [-0.05, 0) is 49.2 Å². The smallest absolute Gasteiger partial charge is 0.270 e. The van der Waals surface area contributed by atoms with Gasteiger partial charge in [0.1, 0.15) is 0 Å². The summed E-state index contributed by atoms with van der Waals surface area (Å²) < 4.78 is 0. The summed E-state index contributed by atoms with van der Waals surface area (Å²) >= 11 is 0. The molecule has 0 aliphatic carbocycles. The van der Waals surface area contributed by atoms with Crippen molar-refractivity contribution in [3.05, 3.63) is 103 Å². The summed E-state index contributed by atoms with van der Waals surface area (Å²) in [6, 6.07) is 13.9. The van der Waals surface area contributed by atoms with E-state index >= 15 is 0 Å². The van der Waals surface area contributed by atoms with Crippen LogP contribution in [0.5, 0.6) is 0 Å². The van der Waals surface area contributed by atoms with Crippen molar-refractivity contribution in [1.29, 1.82) is 0 Å². The van der Waals surface area contributed by atoms with Gasteiger partial charge in [-0.3, -0.25) is 29.8 Å². The molecule has 0 aromatic heterocycles. The van der Waals surface area contributed by atoms with Gasteiger partial charge in [0.05, 0.1) is 9.85 Å². The van der Waals surface area contributed by atoms with Crippen molar-refractivity contribution >= 4 is 34.6 Å². The SMILES string of the molecule is Cc1cc(NC(=O)c2cccc([N+](=O)[O-])c2)cc(NC(=O)c2cccc([N+](=O)[O-])c2)c1C. The first-order valence-corrected chi connectivity index (χ1v) is 9.38. The first kappa shape index (κ1) is 22.1. The number of nitro groups is 2. The van der Waals surface area contributed by atoms with Crippen LogP contribution in [0.1, 0.15) is 31.8 Å². The molecule has 32 heavy (non-hydrogen) atoms. The van der Waals surface area contributed by atoms with E-state index in [9.17, 15) is 29.8 Å². The number of nitrogens with one attached hydrogen (secondary N) is 2. The van der Waals surface area contributed by atoms with Gasteiger partial charge in [0.2, 0.25) is 0 Å². The Morgan fingerprint density at radius 1 is 0.750 bits per heavy atom. The largest absolute Gasteiger partial charge is 0.322 e. The van der Waals surface area contributed by atoms with E-state index in [2.05, 4.69) is 10.6 Å². The van der Waals surface area contributed by atoms with Crippen LogP contribution < -0.4 is 10.6 Å². The lowest BCUT2D eigenvalue weighted by Crippen LogP contribution is -2.15. The molecule has 0 unspecified atom stereocenters. The van der Waals surface area contributed by atoms with E-state index in [1.54, 1.807) is 26.0 Å². The standard InChI is InChI=1S/C22H18N4O6/c1-13-9-17(23-21(27)15-5-3-7-18(10-15)25(29)30)12-20(14(13)2)24-22(28)16-6-4-8-19(11-16)26(31)32/h3-12H,1-2H3,(H,23,27)(H,24,28). The molecular weight excluding hydrogens is 416 g/mol. The Kier molecular flexibility index (Phi) is 6.24. The number of hydrogen-bond acceptors (Lipinski definition) is 6. The summed E-state index contributed by atoms with van der Waals surface area (Å²) in [7, 11) is 0. The average molecular weight is 434 g/mol. The van der Waals surface area contributed by atoms with Gasteiger partial charge >= 0.3 is 0 Å². The highest BCUT2D eigenvalue weighted by molar-refractivity contribution is 6.07. The van der Waals surface area contributed by atoms with Crippen LogP contribution in [0.4, 0.5) is 22.7 Å². The topological polar surface area (TPSA) is 144 Å². The minimum atomic E-state index is -0.589. The molecule has 0 fully saturated rings. The van der Waals surface area contributed by atoms with Crippen molar-refractivity contribution in [1.82, 2.24) is 0 Å². The first-order valence-electron chi connectivity index (χ1n) is 9.38. The van der Waals surface area contributed by atoms with E-state index in [0.29, 0.717) is 11.4 Å². The lowest BCUT2D eigenvalue weighted by Gasteiger charge is -2.14. The van der Waals surface area contributed by atoms with E-state index in [-0.39, 0.29) is 22.5 Å². The molecule has 0 spiro atoms. The van der Waals surface area contributed by atoms with Gasteiger partial charge in [-0.15, -0.1) is 0 Å².